The SMILES string of the molecule is COCCC(C)C(=O)CNC1CC1. The normalized spacial score (nSPS) is 18.6. The van der Waals surface area contributed by atoms with Gasteiger partial charge in [-0.3, -0.25) is 4.79 Å². The highest BCUT2D eigenvalue weighted by Gasteiger charge is 2.22. The van der Waals surface area contributed by atoms with E-state index in [1.807, 2.05) is 6.92 Å². The maximum Gasteiger partial charge on any atom is 0.149 e. The molecule has 13 heavy (non-hydrogen) atoms. The molecule has 0 bridgehead atoms. The Kier molecular flexibility index (Phi) is 4.39. The standard InChI is InChI=1S/C10H19NO2/c1-8(5-6-13-2)10(12)7-11-9-3-4-9/h8-9,11H,3-7H2,1-2H3. The third-order valence-corrected chi connectivity index (χ3v) is 2.45. The molecule has 76 valence electrons. The van der Waals surface area contributed by atoms with E-state index in [0.29, 0.717) is 25.0 Å². The quantitative estimate of drug-likeness (QED) is 0.642. The second kappa shape index (κ2) is 5.35. The molecule has 3 heteroatoms. The largest absolute Gasteiger partial charge is 0.385 e. The first-order valence-electron chi connectivity index (χ1n) is 4.99. The summed E-state index contributed by atoms with van der Waals surface area (Å²) in [6.07, 6.45) is 3.31. The van der Waals surface area contributed by atoms with Crippen LogP contribution in [0, 0.1) is 5.92 Å². The Morgan fingerprint density at radius 3 is 2.85 bits per heavy atom. The molecule has 1 aliphatic rings. The summed E-state index contributed by atoms with van der Waals surface area (Å²) in [6, 6.07) is 0.624. The highest BCUT2D eigenvalue weighted by atomic mass is 16.5. The number of hydrogen-bond donors (Lipinski definition) is 1. The molecule has 1 rings (SSSR count). The number of methoxy groups -OCH3 is 1. The van der Waals surface area contributed by atoms with Crippen LogP contribution in [0.25, 0.3) is 0 Å². The molecular weight excluding hydrogens is 166 g/mol. The van der Waals surface area contributed by atoms with Crippen molar-refractivity contribution in [3.63, 3.8) is 0 Å². The van der Waals surface area contributed by atoms with Gasteiger partial charge >= 0.3 is 0 Å². The number of Topliss-reactive ketones (excluding diaryl/α,β-unsaturated/α-hetero) is 1. The third-order valence-electron chi connectivity index (χ3n) is 2.45. The van der Waals surface area contributed by atoms with Crippen molar-refractivity contribution in [1.29, 1.82) is 0 Å². The lowest BCUT2D eigenvalue weighted by Gasteiger charge is -2.09. The molecule has 0 aliphatic heterocycles. The van der Waals surface area contributed by atoms with Crippen LogP contribution in [-0.4, -0.2) is 32.1 Å². The van der Waals surface area contributed by atoms with Crippen LogP contribution in [0.15, 0.2) is 0 Å². The Hall–Kier alpha value is -0.410. The van der Waals surface area contributed by atoms with E-state index < -0.39 is 0 Å². The molecule has 3 nitrogen and oxygen atoms in total. The van der Waals surface area contributed by atoms with Gasteiger partial charge in [-0.05, 0) is 19.3 Å². The van der Waals surface area contributed by atoms with Crippen LogP contribution in [0.5, 0.6) is 0 Å². The predicted octanol–water partition coefficient (Wildman–Crippen LogP) is 0.980. The van der Waals surface area contributed by atoms with Gasteiger partial charge in [-0.25, -0.2) is 0 Å². The molecule has 0 spiro atoms. The Balaban J connectivity index is 2.05. The van der Waals surface area contributed by atoms with Gasteiger partial charge in [0.25, 0.3) is 0 Å². The van der Waals surface area contributed by atoms with E-state index in [4.69, 9.17) is 4.74 Å². The first-order chi connectivity index (χ1) is 6.24. The van der Waals surface area contributed by atoms with Crippen molar-refractivity contribution < 1.29 is 9.53 Å². The molecular formula is C10H19NO2. The van der Waals surface area contributed by atoms with E-state index in [1.165, 1.54) is 12.8 Å². The number of ether oxygens (including phenoxy) is 1. The minimum absolute atomic E-state index is 0.131. The van der Waals surface area contributed by atoms with Crippen molar-refractivity contribution in [2.24, 2.45) is 5.92 Å². The molecule has 1 saturated carbocycles. The van der Waals surface area contributed by atoms with Gasteiger partial charge in [-0.1, -0.05) is 6.92 Å². The number of carbonyl (C=O) groups excluding carboxylic acids is 1. The van der Waals surface area contributed by atoms with E-state index in [2.05, 4.69) is 5.32 Å². The topological polar surface area (TPSA) is 38.3 Å². The second-order valence-corrected chi connectivity index (χ2v) is 3.80. The zero-order valence-electron chi connectivity index (χ0n) is 8.51. The van der Waals surface area contributed by atoms with Gasteiger partial charge in [0.15, 0.2) is 0 Å². The molecule has 0 aromatic rings. The average molecular weight is 185 g/mol. The minimum atomic E-state index is 0.131. The van der Waals surface area contributed by atoms with E-state index in [0.717, 1.165) is 6.42 Å². The van der Waals surface area contributed by atoms with Crippen LogP contribution in [-0.2, 0) is 9.53 Å². The molecule has 1 N–H and O–H groups in total. The van der Waals surface area contributed by atoms with Crippen molar-refractivity contribution in [2.45, 2.75) is 32.2 Å². The second-order valence-electron chi connectivity index (χ2n) is 3.80. The van der Waals surface area contributed by atoms with Crippen LogP contribution >= 0.6 is 0 Å². The van der Waals surface area contributed by atoms with Gasteiger partial charge < -0.3 is 10.1 Å². The fourth-order valence-corrected chi connectivity index (χ4v) is 1.16. The first kappa shape index (κ1) is 10.7. The van der Waals surface area contributed by atoms with Crippen LogP contribution in [0.1, 0.15) is 26.2 Å². The van der Waals surface area contributed by atoms with E-state index in [9.17, 15) is 4.79 Å². The van der Waals surface area contributed by atoms with Crippen molar-refractivity contribution >= 4 is 5.78 Å². The van der Waals surface area contributed by atoms with Gasteiger partial charge in [0.05, 0.1) is 6.54 Å². The third kappa shape index (κ3) is 4.39. The molecule has 1 fully saturated rings. The smallest absolute Gasteiger partial charge is 0.149 e. The molecule has 1 unspecified atom stereocenters. The summed E-state index contributed by atoms with van der Waals surface area (Å²) < 4.78 is 4.93. The minimum Gasteiger partial charge on any atom is -0.385 e. The Bertz CT molecular complexity index is 166. The summed E-state index contributed by atoms with van der Waals surface area (Å²) in [5.41, 5.74) is 0. The Labute approximate surface area is 79.8 Å². The van der Waals surface area contributed by atoms with Crippen molar-refractivity contribution in [3.8, 4) is 0 Å². The number of nitrogens with one attached hydrogen (secondary N) is 1. The summed E-state index contributed by atoms with van der Waals surface area (Å²) >= 11 is 0. The van der Waals surface area contributed by atoms with Crippen LogP contribution in [0.3, 0.4) is 0 Å². The maximum atomic E-state index is 11.5. The van der Waals surface area contributed by atoms with Crippen LogP contribution < -0.4 is 5.32 Å². The number of carbonyl (C=O) groups is 1. The summed E-state index contributed by atoms with van der Waals surface area (Å²) in [7, 11) is 1.67. The molecule has 0 heterocycles. The van der Waals surface area contributed by atoms with Gasteiger partial charge in [-0.15, -0.1) is 0 Å². The molecule has 0 amide bonds. The summed E-state index contributed by atoms with van der Waals surface area (Å²) in [4.78, 5) is 11.5. The van der Waals surface area contributed by atoms with Crippen LogP contribution in [0.4, 0.5) is 0 Å². The lowest BCUT2D eigenvalue weighted by molar-refractivity contribution is -0.122. The first-order valence-corrected chi connectivity index (χ1v) is 4.99. The molecule has 0 aromatic heterocycles. The van der Waals surface area contributed by atoms with Crippen molar-refractivity contribution in [2.75, 3.05) is 20.3 Å². The zero-order chi connectivity index (χ0) is 9.68. The Morgan fingerprint density at radius 1 is 1.62 bits per heavy atom. The van der Waals surface area contributed by atoms with E-state index in [-0.39, 0.29) is 5.92 Å². The highest BCUT2D eigenvalue weighted by molar-refractivity contribution is 5.82. The summed E-state index contributed by atoms with van der Waals surface area (Å²) in [5.74, 6) is 0.440. The number of ketones is 1. The van der Waals surface area contributed by atoms with Crippen LogP contribution in [0.2, 0.25) is 0 Å². The maximum absolute atomic E-state index is 11.5. The summed E-state index contributed by atoms with van der Waals surface area (Å²) in [6.45, 7) is 3.18. The fourth-order valence-electron chi connectivity index (χ4n) is 1.16. The number of hydrogen-bond acceptors (Lipinski definition) is 3. The highest BCUT2D eigenvalue weighted by Crippen LogP contribution is 2.18. The average Bonchev–Trinajstić information content (AvgIpc) is 2.93. The molecule has 1 aliphatic carbocycles. The number of rotatable bonds is 7. The van der Waals surface area contributed by atoms with E-state index >= 15 is 0 Å². The molecule has 0 aromatic carbocycles. The monoisotopic (exact) mass is 185 g/mol. The lowest BCUT2D eigenvalue weighted by Crippen LogP contribution is -2.29. The van der Waals surface area contributed by atoms with Gasteiger partial charge in [0, 0.05) is 25.7 Å². The van der Waals surface area contributed by atoms with E-state index in [1.54, 1.807) is 7.11 Å². The molecule has 0 saturated heterocycles. The fraction of sp³-hybridized carbons (Fsp3) is 0.900. The van der Waals surface area contributed by atoms with Crippen molar-refractivity contribution in [1.82, 2.24) is 5.32 Å². The lowest BCUT2D eigenvalue weighted by atomic mass is 10.0. The zero-order valence-corrected chi connectivity index (χ0v) is 8.51. The molecule has 0 radical (unpaired) electrons. The van der Waals surface area contributed by atoms with Gasteiger partial charge in [0.2, 0.25) is 0 Å². The predicted molar refractivity (Wildman–Crippen MR) is 51.7 cm³/mol. The van der Waals surface area contributed by atoms with Gasteiger partial charge in [-0.2, -0.15) is 0 Å². The van der Waals surface area contributed by atoms with Gasteiger partial charge in [0.1, 0.15) is 5.78 Å². The molecule has 1 atom stereocenters. The van der Waals surface area contributed by atoms with Crippen molar-refractivity contribution in [3.05, 3.63) is 0 Å². The Morgan fingerprint density at radius 2 is 2.31 bits per heavy atom. The summed E-state index contributed by atoms with van der Waals surface area (Å²) in [5, 5.41) is 3.22.